The first kappa shape index (κ1) is 10.6. The molecule has 1 aromatic rings. The van der Waals surface area contributed by atoms with Crippen LogP contribution < -0.4 is 5.73 Å². The van der Waals surface area contributed by atoms with Gasteiger partial charge in [-0.25, -0.2) is 0 Å². The first-order valence-corrected chi connectivity index (χ1v) is 5.47. The molecule has 0 spiro atoms. The minimum atomic E-state index is 0.632. The largest absolute Gasteiger partial charge is 0.326 e. The Balaban J connectivity index is 2.85. The maximum absolute atomic E-state index is 5.56. The van der Waals surface area contributed by atoms with Crippen molar-refractivity contribution in [1.29, 1.82) is 0 Å². The summed E-state index contributed by atoms with van der Waals surface area (Å²) in [4.78, 5) is 1.37. The van der Waals surface area contributed by atoms with Crippen LogP contribution in [0, 0.1) is 6.92 Å². The summed E-state index contributed by atoms with van der Waals surface area (Å²) in [6.07, 6.45) is 0. The summed E-state index contributed by atoms with van der Waals surface area (Å²) < 4.78 is 0. The van der Waals surface area contributed by atoms with Crippen LogP contribution in [0.4, 0.5) is 0 Å². The Bertz CT molecular complexity index is 281. The van der Waals surface area contributed by atoms with E-state index in [1.54, 1.807) is 0 Å². The van der Waals surface area contributed by atoms with E-state index in [1.807, 2.05) is 11.8 Å². The van der Waals surface area contributed by atoms with Crippen LogP contribution in [0.25, 0.3) is 0 Å². The fourth-order valence-corrected chi connectivity index (χ4v) is 2.12. The highest BCUT2D eigenvalue weighted by Gasteiger charge is 2.02. The molecule has 0 saturated carbocycles. The number of rotatable bonds is 3. The molecule has 0 unspecified atom stereocenters. The second-order valence-electron chi connectivity index (χ2n) is 3.47. The highest BCUT2D eigenvalue weighted by Crippen LogP contribution is 2.26. The molecule has 0 bridgehead atoms. The van der Waals surface area contributed by atoms with Gasteiger partial charge in [0.25, 0.3) is 0 Å². The summed E-state index contributed by atoms with van der Waals surface area (Å²) in [6.45, 7) is 7.19. The van der Waals surface area contributed by atoms with E-state index in [9.17, 15) is 0 Å². The van der Waals surface area contributed by atoms with Gasteiger partial charge in [-0.15, -0.1) is 11.8 Å². The maximum Gasteiger partial charge on any atom is 0.0178 e. The van der Waals surface area contributed by atoms with Gasteiger partial charge < -0.3 is 5.73 Å². The number of hydrogen-bond donors (Lipinski definition) is 1. The summed E-state index contributed by atoms with van der Waals surface area (Å²) in [5.74, 6) is 0. The topological polar surface area (TPSA) is 26.0 Å². The van der Waals surface area contributed by atoms with Crippen LogP contribution in [0.5, 0.6) is 0 Å². The predicted molar refractivity (Wildman–Crippen MR) is 60.1 cm³/mol. The number of thioether (sulfide) groups is 1. The minimum Gasteiger partial charge on any atom is -0.326 e. The smallest absolute Gasteiger partial charge is 0.0178 e. The normalized spacial score (nSPS) is 10.8. The van der Waals surface area contributed by atoms with E-state index in [0.717, 1.165) is 0 Å². The first-order valence-electron chi connectivity index (χ1n) is 4.59. The van der Waals surface area contributed by atoms with Gasteiger partial charge in [-0.2, -0.15) is 0 Å². The summed E-state index contributed by atoms with van der Waals surface area (Å²) in [5, 5.41) is 0.641. The lowest BCUT2D eigenvalue weighted by molar-refractivity contribution is 1.05. The second kappa shape index (κ2) is 4.68. The fourth-order valence-electron chi connectivity index (χ4n) is 1.22. The van der Waals surface area contributed by atoms with E-state index in [0.29, 0.717) is 11.8 Å². The van der Waals surface area contributed by atoms with Crippen molar-refractivity contribution in [1.82, 2.24) is 0 Å². The molecule has 72 valence electrons. The highest BCUT2D eigenvalue weighted by atomic mass is 32.2. The van der Waals surface area contributed by atoms with E-state index < -0.39 is 0 Å². The van der Waals surface area contributed by atoms with Crippen LogP contribution in [0.2, 0.25) is 0 Å². The molecule has 13 heavy (non-hydrogen) atoms. The molecule has 0 aliphatic carbocycles. The zero-order chi connectivity index (χ0) is 9.84. The van der Waals surface area contributed by atoms with Crippen LogP contribution in [-0.4, -0.2) is 5.25 Å². The molecule has 0 aromatic heterocycles. The van der Waals surface area contributed by atoms with Crippen molar-refractivity contribution in [3.05, 3.63) is 29.3 Å². The predicted octanol–water partition coefficient (Wildman–Crippen LogP) is 2.95. The van der Waals surface area contributed by atoms with Crippen molar-refractivity contribution in [2.75, 3.05) is 0 Å². The van der Waals surface area contributed by atoms with E-state index in [4.69, 9.17) is 5.73 Å². The van der Waals surface area contributed by atoms with Crippen molar-refractivity contribution in [3.63, 3.8) is 0 Å². The van der Waals surface area contributed by atoms with E-state index >= 15 is 0 Å². The molecule has 0 atom stereocenters. The Labute approximate surface area is 84.7 Å². The molecule has 1 rings (SSSR count). The molecular formula is C11H17NS. The molecule has 0 radical (unpaired) electrons. The van der Waals surface area contributed by atoms with Crippen LogP contribution in [-0.2, 0) is 6.54 Å². The zero-order valence-corrected chi connectivity index (χ0v) is 9.32. The SMILES string of the molecule is Cc1cc(CN)ccc1SC(C)C. The Hall–Kier alpha value is -0.470. The maximum atomic E-state index is 5.56. The highest BCUT2D eigenvalue weighted by molar-refractivity contribution is 8.00. The van der Waals surface area contributed by atoms with Crippen molar-refractivity contribution in [2.24, 2.45) is 5.73 Å². The van der Waals surface area contributed by atoms with Crippen molar-refractivity contribution < 1.29 is 0 Å². The van der Waals surface area contributed by atoms with Gasteiger partial charge in [0, 0.05) is 16.7 Å². The molecule has 2 heteroatoms. The summed E-state index contributed by atoms with van der Waals surface area (Å²) in [7, 11) is 0. The monoisotopic (exact) mass is 195 g/mol. The van der Waals surface area contributed by atoms with Crippen LogP contribution >= 0.6 is 11.8 Å². The van der Waals surface area contributed by atoms with Gasteiger partial charge in [0.2, 0.25) is 0 Å². The van der Waals surface area contributed by atoms with Crippen LogP contribution in [0.15, 0.2) is 23.1 Å². The standard InChI is InChI=1S/C11H17NS/c1-8(2)13-11-5-4-10(7-12)6-9(11)3/h4-6,8H,7,12H2,1-3H3. The lowest BCUT2D eigenvalue weighted by Crippen LogP contribution is -1.97. The average Bonchev–Trinajstić information content (AvgIpc) is 2.08. The molecule has 0 amide bonds. The van der Waals surface area contributed by atoms with Crippen molar-refractivity contribution in [2.45, 2.75) is 37.5 Å². The van der Waals surface area contributed by atoms with Gasteiger partial charge in [-0.1, -0.05) is 26.0 Å². The fraction of sp³-hybridized carbons (Fsp3) is 0.455. The van der Waals surface area contributed by atoms with Crippen molar-refractivity contribution in [3.8, 4) is 0 Å². The van der Waals surface area contributed by atoms with Gasteiger partial charge in [-0.3, -0.25) is 0 Å². The van der Waals surface area contributed by atoms with Crippen LogP contribution in [0.3, 0.4) is 0 Å². The quantitative estimate of drug-likeness (QED) is 0.750. The third kappa shape index (κ3) is 3.05. The first-order chi connectivity index (χ1) is 6.13. The molecule has 0 saturated heterocycles. The van der Waals surface area contributed by atoms with Gasteiger partial charge in [-0.05, 0) is 24.1 Å². The third-order valence-electron chi connectivity index (χ3n) is 1.84. The summed E-state index contributed by atoms with van der Waals surface area (Å²) >= 11 is 1.90. The number of hydrogen-bond acceptors (Lipinski definition) is 2. The van der Waals surface area contributed by atoms with Crippen molar-refractivity contribution >= 4 is 11.8 Å². The average molecular weight is 195 g/mol. The Morgan fingerprint density at radius 1 is 1.38 bits per heavy atom. The van der Waals surface area contributed by atoms with Gasteiger partial charge in [0.05, 0.1) is 0 Å². The lowest BCUT2D eigenvalue weighted by Gasteiger charge is -2.09. The number of benzene rings is 1. The molecule has 1 aromatic carbocycles. The summed E-state index contributed by atoms with van der Waals surface area (Å²) in [5.41, 5.74) is 8.11. The molecule has 0 aliphatic rings. The zero-order valence-electron chi connectivity index (χ0n) is 8.50. The van der Waals surface area contributed by atoms with Crippen LogP contribution in [0.1, 0.15) is 25.0 Å². The Morgan fingerprint density at radius 2 is 2.08 bits per heavy atom. The number of nitrogens with two attached hydrogens (primary N) is 1. The van der Waals surface area contributed by atoms with E-state index in [-0.39, 0.29) is 0 Å². The van der Waals surface area contributed by atoms with E-state index in [1.165, 1.54) is 16.0 Å². The molecule has 0 aliphatic heterocycles. The Morgan fingerprint density at radius 3 is 2.54 bits per heavy atom. The third-order valence-corrected chi connectivity index (χ3v) is 3.02. The van der Waals surface area contributed by atoms with Gasteiger partial charge >= 0.3 is 0 Å². The molecule has 2 N–H and O–H groups in total. The minimum absolute atomic E-state index is 0.632. The van der Waals surface area contributed by atoms with Gasteiger partial charge in [0.15, 0.2) is 0 Å². The lowest BCUT2D eigenvalue weighted by atomic mass is 10.1. The summed E-state index contributed by atoms with van der Waals surface area (Å²) in [6, 6.07) is 6.45. The molecular weight excluding hydrogens is 178 g/mol. The second-order valence-corrected chi connectivity index (χ2v) is 5.09. The molecule has 0 heterocycles. The Kier molecular flexibility index (Phi) is 3.82. The van der Waals surface area contributed by atoms with Gasteiger partial charge in [0.1, 0.15) is 0 Å². The van der Waals surface area contributed by atoms with E-state index in [2.05, 4.69) is 39.0 Å². The molecule has 0 fully saturated rings. The number of aryl methyl sites for hydroxylation is 1. The molecule has 1 nitrogen and oxygen atoms in total.